The summed E-state index contributed by atoms with van der Waals surface area (Å²) in [4.78, 5) is 0. The van der Waals surface area contributed by atoms with Crippen LogP contribution >= 0.6 is 0 Å². The van der Waals surface area contributed by atoms with Crippen LogP contribution in [0.3, 0.4) is 0 Å². The molecule has 0 aromatic heterocycles. The normalized spacial score (nSPS) is 19.1. The van der Waals surface area contributed by atoms with Gasteiger partial charge < -0.3 is 15.5 Å². The highest BCUT2D eigenvalue weighted by molar-refractivity contribution is 5.45. The van der Waals surface area contributed by atoms with Gasteiger partial charge in [-0.3, -0.25) is 0 Å². The van der Waals surface area contributed by atoms with E-state index in [1.54, 1.807) is 6.07 Å². The van der Waals surface area contributed by atoms with Crippen LogP contribution in [0, 0.1) is 13.8 Å². The van der Waals surface area contributed by atoms with Crippen LogP contribution in [0.15, 0.2) is 12.1 Å². The van der Waals surface area contributed by atoms with E-state index in [2.05, 4.69) is 5.32 Å². The number of phenols is 1. The molecule has 0 atom stereocenters. The van der Waals surface area contributed by atoms with Gasteiger partial charge in [-0.05, 0) is 37.1 Å². The van der Waals surface area contributed by atoms with Crippen molar-refractivity contribution in [2.75, 3.05) is 13.1 Å². The van der Waals surface area contributed by atoms with Crippen LogP contribution in [-0.2, 0) is 5.60 Å². The molecule has 14 heavy (non-hydrogen) atoms. The molecular formula is C11H15NO2. The molecule has 1 aliphatic rings. The molecule has 0 unspecified atom stereocenters. The Morgan fingerprint density at radius 1 is 1.21 bits per heavy atom. The van der Waals surface area contributed by atoms with Crippen molar-refractivity contribution >= 4 is 0 Å². The number of aryl methyl sites for hydroxylation is 2. The molecule has 0 radical (unpaired) electrons. The van der Waals surface area contributed by atoms with E-state index in [9.17, 15) is 10.2 Å². The lowest BCUT2D eigenvalue weighted by atomic mass is 9.86. The van der Waals surface area contributed by atoms with Gasteiger partial charge in [0.05, 0.1) is 0 Å². The molecule has 1 heterocycles. The van der Waals surface area contributed by atoms with Crippen molar-refractivity contribution in [3.63, 3.8) is 0 Å². The molecular weight excluding hydrogens is 178 g/mol. The molecule has 3 heteroatoms. The summed E-state index contributed by atoms with van der Waals surface area (Å²) in [5.74, 6) is 0.192. The second-order valence-corrected chi connectivity index (χ2v) is 4.09. The number of hydrogen-bond donors (Lipinski definition) is 3. The van der Waals surface area contributed by atoms with Gasteiger partial charge in [0.25, 0.3) is 0 Å². The average Bonchev–Trinajstić information content (AvgIpc) is 2.07. The van der Waals surface area contributed by atoms with Gasteiger partial charge in [0.1, 0.15) is 11.4 Å². The standard InChI is InChI=1S/C11H15NO2/c1-7-3-9(10(13)4-8(7)2)11(14)5-12-6-11/h3-4,12-14H,5-6H2,1-2H3. The van der Waals surface area contributed by atoms with E-state index in [0.717, 1.165) is 11.1 Å². The van der Waals surface area contributed by atoms with Crippen LogP contribution < -0.4 is 5.32 Å². The predicted octanol–water partition coefficient (Wildman–Crippen LogP) is 0.800. The number of β-amino-alcohol motifs (C(OH)–C–C–N with tert-alkyl or cyclic N) is 1. The Kier molecular flexibility index (Phi) is 2.01. The van der Waals surface area contributed by atoms with E-state index in [4.69, 9.17) is 0 Å². The second kappa shape index (κ2) is 2.97. The minimum Gasteiger partial charge on any atom is -0.508 e. The quantitative estimate of drug-likeness (QED) is 0.618. The molecule has 0 amide bonds. The third-order valence-corrected chi connectivity index (χ3v) is 2.95. The van der Waals surface area contributed by atoms with E-state index >= 15 is 0 Å². The number of phenolic OH excluding ortho intramolecular Hbond substituents is 1. The lowest BCUT2D eigenvalue weighted by Gasteiger charge is -2.38. The fraction of sp³-hybridized carbons (Fsp3) is 0.455. The van der Waals surface area contributed by atoms with Crippen LogP contribution in [0.1, 0.15) is 16.7 Å². The number of hydrogen-bond acceptors (Lipinski definition) is 3. The maximum atomic E-state index is 10.1. The Balaban J connectivity index is 2.48. The molecule has 0 saturated carbocycles. The zero-order valence-electron chi connectivity index (χ0n) is 8.46. The first-order chi connectivity index (χ1) is 6.53. The molecule has 1 fully saturated rings. The summed E-state index contributed by atoms with van der Waals surface area (Å²) >= 11 is 0. The molecule has 1 aromatic carbocycles. The van der Waals surface area contributed by atoms with Gasteiger partial charge in [0, 0.05) is 18.7 Å². The summed E-state index contributed by atoms with van der Waals surface area (Å²) in [7, 11) is 0. The van der Waals surface area contributed by atoms with Crippen molar-refractivity contribution in [1.82, 2.24) is 5.32 Å². The smallest absolute Gasteiger partial charge is 0.122 e. The Labute approximate surface area is 83.4 Å². The van der Waals surface area contributed by atoms with Crippen LogP contribution in [0.4, 0.5) is 0 Å². The van der Waals surface area contributed by atoms with Crippen LogP contribution in [0.25, 0.3) is 0 Å². The van der Waals surface area contributed by atoms with Gasteiger partial charge in [-0.1, -0.05) is 0 Å². The number of rotatable bonds is 1. The molecule has 3 N–H and O–H groups in total. The van der Waals surface area contributed by atoms with Gasteiger partial charge in [0.15, 0.2) is 0 Å². The van der Waals surface area contributed by atoms with Crippen molar-refractivity contribution < 1.29 is 10.2 Å². The van der Waals surface area contributed by atoms with Crippen molar-refractivity contribution in [2.45, 2.75) is 19.4 Å². The average molecular weight is 193 g/mol. The Bertz CT molecular complexity index is 370. The number of nitrogens with one attached hydrogen (secondary N) is 1. The predicted molar refractivity (Wildman–Crippen MR) is 54.3 cm³/mol. The molecule has 0 spiro atoms. The first-order valence-electron chi connectivity index (χ1n) is 4.77. The highest BCUT2D eigenvalue weighted by Crippen LogP contribution is 2.34. The van der Waals surface area contributed by atoms with E-state index < -0.39 is 5.60 Å². The minimum atomic E-state index is -0.872. The summed E-state index contributed by atoms with van der Waals surface area (Å²) in [5, 5.41) is 22.8. The monoisotopic (exact) mass is 193 g/mol. The molecule has 0 bridgehead atoms. The Hall–Kier alpha value is -1.06. The van der Waals surface area contributed by atoms with Crippen molar-refractivity contribution in [2.24, 2.45) is 0 Å². The fourth-order valence-corrected chi connectivity index (χ4v) is 1.73. The largest absolute Gasteiger partial charge is 0.508 e. The van der Waals surface area contributed by atoms with Crippen molar-refractivity contribution in [1.29, 1.82) is 0 Å². The number of aromatic hydroxyl groups is 1. The molecule has 1 saturated heterocycles. The second-order valence-electron chi connectivity index (χ2n) is 4.09. The maximum Gasteiger partial charge on any atom is 0.122 e. The Morgan fingerprint density at radius 2 is 1.79 bits per heavy atom. The summed E-state index contributed by atoms with van der Waals surface area (Å²) < 4.78 is 0. The van der Waals surface area contributed by atoms with Gasteiger partial charge >= 0.3 is 0 Å². The van der Waals surface area contributed by atoms with Crippen LogP contribution in [0.2, 0.25) is 0 Å². The highest BCUT2D eigenvalue weighted by Gasteiger charge is 2.38. The first kappa shape index (κ1) is 9.49. The van der Waals surface area contributed by atoms with E-state index in [1.165, 1.54) is 0 Å². The van der Waals surface area contributed by atoms with Crippen LogP contribution in [0.5, 0.6) is 5.75 Å². The number of aliphatic hydroxyl groups is 1. The van der Waals surface area contributed by atoms with Gasteiger partial charge in [0.2, 0.25) is 0 Å². The fourth-order valence-electron chi connectivity index (χ4n) is 1.73. The molecule has 0 aliphatic carbocycles. The summed E-state index contributed by atoms with van der Waals surface area (Å²) in [6.45, 7) is 4.96. The van der Waals surface area contributed by atoms with Gasteiger partial charge in [-0.2, -0.15) is 0 Å². The number of benzene rings is 1. The topological polar surface area (TPSA) is 52.5 Å². The Morgan fingerprint density at radius 3 is 2.29 bits per heavy atom. The van der Waals surface area contributed by atoms with Gasteiger partial charge in [-0.25, -0.2) is 0 Å². The van der Waals surface area contributed by atoms with E-state index in [-0.39, 0.29) is 5.75 Å². The summed E-state index contributed by atoms with van der Waals surface area (Å²) in [6.07, 6.45) is 0. The summed E-state index contributed by atoms with van der Waals surface area (Å²) in [5.41, 5.74) is 1.90. The molecule has 2 rings (SSSR count). The highest BCUT2D eigenvalue weighted by atomic mass is 16.3. The first-order valence-corrected chi connectivity index (χ1v) is 4.77. The maximum absolute atomic E-state index is 10.1. The third-order valence-electron chi connectivity index (χ3n) is 2.95. The SMILES string of the molecule is Cc1cc(O)c(C2(O)CNC2)cc1C. The lowest BCUT2D eigenvalue weighted by molar-refractivity contribution is -0.0165. The minimum absolute atomic E-state index is 0.192. The van der Waals surface area contributed by atoms with E-state index in [0.29, 0.717) is 18.7 Å². The zero-order valence-corrected chi connectivity index (χ0v) is 8.46. The third kappa shape index (κ3) is 1.29. The molecule has 76 valence electrons. The molecule has 1 aliphatic heterocycles. The van der Waals surface area contributed by atoms with Gasteiger partial charge in [-0.15, -0.1) is 0 Å². The van der Waals surface area contributed by atoms with Crippen molar-refractivity contribution in [3.8, 4) is 5.75 Å². The van der Waals surface area contributed by atoms with E-state index in [1.807, 2.05) is 19.9 Å². The van der Waals surface area contributed by atoms with Crippen LogP contribution in [-0.4, -0.2) is 23.3 Å². The summed E-state index contributed by atoms with van der Waals surface area (Å²) in [6, 6.07) is 3.58. The lowest BCUT2D eigenvalue weighted by Crippen LogP contribution is -2.56. The molecule has 1 aromatic rings. The zero-order chi connectivity index (χ0) is 10.3. The molecule has 3 nitrogen and oxygen atoms in total. The van der Waals surface area contributed by atoms with Crippen molar-refractivity contribution in [3.05, 3.63) is 28.8 Å².